The number of hydrogen-bond acceptors (Lipinski definition) is 5. The number of rotatable bonds is 7. The number of likely N-dealkylation sites (tertiary alicyclic amines) is 1. The molecule has 1 aromatic rings. The quantitative estimate of drug-likeness (QED) is 0.779. The summed E-state index contributed by atoms with van der Waals surface area (Å²) in [5.41, 5.74) is 6.24. The van der Waals surface area contributed by atoms with Crippen LogP contribution >= 0.6 is 11.3 Å². The minimum atomic E-state index is -0.0439. The van der Waals surface area contributed by atoms with Crippen molar-refractivity contribution in [1.29, 1.82) is 0 Å². The molecule has 0 aliphatic carbocycles. The number of thiazole rings is 1. The molecule has 1 atom stereocenters. The maximum absolute atomic E-state index is 12.6. The number of amides is 2. The molecule has 128 valence electrons. The van der Waals surface area contributed by atoms with E-state index in [9.17, 15) is 9.59 Å². The van der Waals surface area contributed by atoms with Crippen molar-refractivity contribution in [2.75, 3.05) is 19.6 Å². The monoisotopic (exact) mass is 338 g/mol. The van der Waals surface area contributed by atoms with E-state index in [2.05, 4.69) is 17.2 Å². The van der Waals surface area contributed by atoms with E-state index in [4.69, 9.17) is 5.73 Å². The lowest BCUT2D eigenvalue weighted by molar-refractivity contribution is -0.134. The van der Waals surface area contributed by atoms with Crippen LogP contribution in [-0.2, 0) is 22.4 Å². The molecule has 1 fully saturated rings. The van der Waals surface area contributed by atoms with Crippen LogP contribution < -0.4 is 11.1 Å². The van der Waals surface area contributed by atoms with Crippen LogP contribution in [0.5, 0.6) is 0 Å². The zero-order valence-electron chi connectivity index (χ0n) is 13.7. The van der Waals surface area contributed by atoms with Gasteiger partial charge in [-0.25, -0.2) is 4.98 Å². The molecular weight excluding hydrogens is 312 g/mol. The Labute approximate surface area is 141 Å². The van der Waals surface area contributed by atoms with Crippen LogP contribution in [0.25, 0.3) is 0 Å². The smallest absolute Gasteiger partial charge is 0.228 e. The highest BCUT2D eigenvalue weighted by Crippen LogP contribution is 2.19. The van der Waals surface area contributed by atoms with E-state index in [1.807, 2.05) is 10.3 Å². The van der Waals surface area contributed by atoms with Gasteiger partial charge in [0.15, 0.2) is 0 Å². The Morgan fingerprint density at radius 1 is 1.48 bits per heavy atom. The molecule has 23 heavy (non-hydrogen) atoms. The molecule has 1 saturated heterocycles. The summed E-state index contributed by atoms with van der Waals surface area (Å²) >= 11 is 1.61. The standard InChI is InChI=1S/C16H26N4O2S/c1-2-15-19-12(11-23-15)9-16(22)20-8-4-3-5-13(20)10-18-14(21)6-7-17/h11,13H,2-10,17H2,1H3,(H,18,21). The first kappa shape index (κ1) is 17.9. The zero-order chi connectivity index (χ0) is 16.7. The molecule has 2 amide bonds. The van der Waals surface area contributed by atoms with E-state index >= 15 is 0 Å². The fraction of sp³-hybridized carbons (Fsp3) is 0.688. The van der Waals surface area contributed by atoms with E-state index in [1.165, 1.54) is 0 Å². The highest BCUT2D eigenvalue weighted by molar-refractivity contribution is 7.09. The Balaban J connectivity index is 1.91. The van der Waals surface area contributed by atoms with Crippen LogP contribution in [-0.4, -0.2) is 47.4 Å². The number of carbonyl (C=O) groups excluding carboxylic acids is 2. The van der Waals surface area contributed by atoms with Gasteiger partial charge in [-0.3, -0.25) is 9.59 Å². The molecule has 7 heteroatoms. The van der Waals surface area contributed by atoms with Crippen molar-refractivity contribution in [3.8, 4) is 0 Å². The number of carbonyl (C=O) groups is 2. The van der Waals surface area contributed by atoms with E-state index in [0.717, 1.165) is 42.9 Å². The Bertz CT molecular complexity index is 532. The van der Waals surface area contributed by atoms with Crippen molar-refractivity contribution in [3.05, 3.63) is 16.1 Å². The molecular formula is C16H26N4O2S. The van der Waals surface area contributed by atoms with Gasteiger partial charge in [0.05, 0.1) is 17.1 Å². The van der Waals surface area contributed by atoms with E-state index in [1.54, 1.807) is 11.3 Å². The second-order valence-corrected chi connectivity index (χ2v) is 6.79. The minimum absolute atomic E-state index is 0.0439. The maximum Gasteiger partial charge on any atom is 0.228 e. The van der Waals surface area contributed by atoms with Crippen molar-refractivity contribution in [1.82, 2.24) is 15.2 Å². The molecule has 2 rings (SSSR count). The number of hydrogen-bond donors (Lipinski definition) is 2. The van der Waals surface area contributed by atoms with Crippen LogP contribution in [0.2, 0.25) is 0 Å². The molecule has 3 N–H and O–H groups in total. The SMILES string of the molecule is CCc1nc(CC(=O)N2CCCCC2CNC(=O)CCN)cs1. The normalized spacial score (nSPS) is 18.0. The lowest BCUT2D eigenvalue weighted by atomic mass is 10.0. The maximum atomic E-state index is 12.6. The Hall–Kier alpha value is -1.47. The molecule has 0 aromatic carbocycles. The summed E-state index contributed by atoms with van der Waals surface area (Å²) in [6.45, 7) is 3.70. The number of piperidine rings is 1. The number of nitrogens with two attached hydrogens (primary N) is 1. The molecule has 0 bridgehead atoms. The van der Waals surface area contributed by atoms with Gasteiger partial charge in [-0.1, -0.05) is 6.92 Å². The summed E-state index contributed by atoms with van der Waals surface area (Å²) in [5.74, 6) is 0.0632. The lowest BCUT2D eigenvalue weighted by Gasteiger charge is -2.36. The van der Waals surface area contributed by atoms with Crippen molar-refractivity contribution >= 4 is 23.2 Å². The predicted molar refractivity (Wildman–Crippen MR) is 91.2 cm³/mol. The minimum Gasteiger partial charge on any atom is -0.354 e. The van der Waals surface area contributed by atoms with Gasteiger partial charge >= 0.3 is 0 Å². The fourth-order valence-corrected chi connectivity index (χ4v) is 3.59. The molecule has 1 aliphatic heterocycles. The highest BCUT2D eigenvalue weighted by atomic mass is 32.1. The molecule has 0 spiro atoms. The van der Waals surface area contributed by atoms with Crippen LogP contribution in [0.3, 0.4) is 0 Å². The first-order valence-corrected chi connectivity index (χ1v) is 9.21. The first-order chi connectivity index (χ1) is 11.1. The summed E-state index contributed by atoms with van der Waals surface area (Å²) in [6, 6.07) is 0.0854. The second-order valence-electron chi connectivity index (χ2n) is 5.84. The Kier molecular flexibility index (Phi) is 6.98. The van der Waals surface area contributed by atoms with Gasteiger partial charge in [0, 0.05) is 37.5 Å². The van der Waals surface area contributed by atoms with Gasteiger partial charge < -0.3 is 16.0 Å². The summed E-state index contributed by atoms with van der Waals surface area (Å²) in [4.78, 5) is 30.6. The Morgan fingerprint density at radius 2 is 2.30 bits per heavy atom. The van der Waals surface area contributed by atoms with Gasteiger partial charge in [-0.15, -0.1) is 11.3 Å². The topological polar surface area (TPSA) is 88.3 Å². The number of nitrogens with one attached hydrogen (secondary N) is 1. The lowest BCUT2D eigenvalue weighted by Crippen LogP contribution is -2.50. The summed E-state index contributed by atoms with van der Waals surface area (Å²) < 4.78 is 0. The number of nitrogens with zero attached hydrogens (tertiary/aromatic N) is 2. The van der Waals surface area contributed by atoms with Gasteiger partial charge in [0.1, 0.15) is 0 Å². The summed E-state index contributed by atoms with van der Waals surface area (Å²) in [5, 5.41) is 5.93. The molecule has 6 nitrogen and oxygen atoms in total. The van der Waals surface area contributed by atoms with Crippen LogP contribution in [0.1, 0.15) is 43.3 Å². The number of aryl methyl sites for hydroxylation is 1. The van der Waals surface area contributed by atoms with Gasteiger partial charge in [-0.2, -0.15) is 0 Å². The average Bonchev–Trinajstić information content (AvgIpc) is 3.01. The molecule has 1 unspecified atom stereocenters. The van der Waals surface area contributed by atoms with E-state index in [0.29, 0.717) is 25.9 Å². The van der Waals surface area contributed by atoms with Gasteiger partial charge in [0.25, 0.3) is 0 Å². The molecule has 2 heterocycles. The largest absolute Gasteiger partial charge is 0.354 e. The van der Waals surface area contributed by atoms with Crippen molar-refractivity contribution in [2.24, 2.45) is 5.73 Å². The van der Waals surface area contributed by atoms with E-state index in [-0.39, 0.29) is 17.9 Å². The number of aromatic nitrogens is 1. The molecule has 1 aliphatic rings. The summed E-state index contributed by atoms with van der Waals surface area (Å²) in [6.07, 6.45) is 4.64. The Morgan fingerprint density at radius 3 is 3.00 bits per heavy atom. The van der Waals surface area contributed by atoms with Crippen molar-refractivity contribution < 1.29 is 9.59 Å². The molecule has 0 radical (unpaired) electrons. The van der Waals surface area contributed by atoms with Crippen LogP contribution in [0.15, 0.2) is 5.38 Å². The summed E-state index contributed by atoms with van der Waals surface area (Å²) in [7, 11) is 0. The molecule has 1 aromatic heterocycles. The van der Waals surface area contributed by atoms with Crippen LogP contribution in [0, 0.1) is 0 Å². The van der Waals surface area contributed by atoms with Gasteiger partial charge in [-0.05, 0) is 25.7 Å². The first-order valence-electron chi connectivity index (χ1n) is 8.33. The fourth-order valence-electron chi connectivity index (χ4n) is 2.84. The third-order valence-corrected chi connectivity index (χ3v) is 5.13. The van der Waals surface area contributed by atoms with Crippen LogP contribution in [0.4, 0.5) is 0 Å². The average molecular weight is 338 g/mol. The van der Waals surface area contributed by atoms with Gasteiger partial charge in [0.2, 0.25) is 11.8 Å². The van der Waals surface area contributed by atoms with Crippen molar-refractivity contribution in [3.63, 3.8) is 0 Å². The third-order valence-electron chi connectivity index (χ3n) is 4.09. The predicted octanol–water partition coefficient (Wildman–Crippen LogP) is 1.09. The zero-order valence-corrected chi connectivity index (χ0v) is 14.5. The highest BCUT2D eigenvalue weighted by Gasteiger charge is 2.27. The third kappa shape index (κ3) is 5.28. The van der Waals surface area contributed by atoms with Crippen molar-refractivity contribution in [2.45, 2.75) is 51.5 Å². The molecule has 0 saturated carbocycles. The van der Waals surface area contributed by atoms with E-state index < -0.39 is 0 Å². The second kappa shape index (κ2) is 8.98.